The molecule has 0 spiro atoms. The molecule has 1 unspecified atom stereocenters. The summed E-state index contributed by atoms with van der Waals surface area (Å²) in [5.41, 5.74) is 0.425. The van der Waals surface area contributed by atoms with Crippen LogP contribution in [0.15, 0.2) is 0 Å². The molecule has 1 N–H and O–H groups in total. The third-order valence-electron chi connectivity index (χ3n) is 10.2. The van der Waals surface area contributed by atoms with Crippen LogP contribution >= 0.6 is 0 Å². The Hall–Kier alpha value is -0.0800. The Kier molecular flexibility index (Phi) is 4.12. The van der Waals surface area contributed by atoms with Gasteiger partial charge in [0.25, 0.3) is 0 Å². The van der Waals surface area contributed by atoms with E-state index in [0.717, 1.165) is 67.8 Å². The number of ether oxygens (including phenoxy) is 1. The molecule has 0 amide bonds. The van der Waals surface area contributed by atoms with Gasteiger partial charge in [-0.05, 0) is 112 Å². The monoisotopic (exact) mass is 360 g/mol. The summed E-state index contributed by atoms with van der Waals surface area (Å²) in [5, 5.41) is 11.0. The SMILES string of the molecule is CCC[C@@]1(O)CC[C@H]2[C@H](CC[C@@H]3[C@@H]2CC[C@]2(C)[C@@H](C4(C)CO4)CC[C@@H]32)C1. The summed E-state index contributed by atoms with van der Waals surface area (Å²) in [6, 6.07) is 0. The molecule has 5 fully saturated rings. The van der Waals surface area contributed by atoms with Crippen molar-refractivity contribution in [1.29, 1.82) is 0 Å². The van der Waals surface area contributed by atoms with Crippen LogP contribution in [0.4, 0.5) is 0 Å². The van der Waals surface area contributed by atoms with Crippen molar-refractivity contribution < 1.29 is 9.84 Å². The summed E-state index contributed by atoms with van der Waals surface area (Å²) in [6.07, 6.45) is 14.2. The molecule has 1 aliphatic heterocycles. The molecular weight excluding hydrogens is 320 g/mol. The number of rotatable bonds is 3. The van der Waals surface area contributed by atoms with E-state index >= 15 is 0 Å². The van der Waals surface area contributed by atoms with Crippen LogP contribution in [-0.2, 0) is 4.74 Å². The van der Waals surface area contributed by atoms with Crippen LogP contribution in [0.3, 0.4) is 0 Å². The number of fused-ring (bicyclic) bond motifs is 5. The molecule has 9 atom stereocenters. The van der Waals surface area contributed by atoms with Crippen LogP contribution in [0.1, 0.15) is 91.4 Å². The van der Waals surface area contributed by atoms with Crippen molar-refractivity contribution in [2.75, 3.05) is 6.61 Å². The van der Waals surface area contributed by atoms with Gasteiger partial charge in [-0.1, -0.05) is 20.3 Å². The minimum Gasteiger partial charge on any atom is -0.390 e. The third-order valence-corrected chi connectivity index (χ3v) is 10.2. The van der Waals surface area contributed by atoms with Gasteiger partial charge in [0.1, 0.15) is 0 Å². The molecule has 0 aromatic heterocycles. The fourth-order valence-electron chi connectivity index (χ4n) is 8.97. The Bertz CT molecular complexity index is 554. The van der Waals surface area contributed by atoms with Crippen molar-refractivity contribution >= 4 is 0 Å². The van der Waals surface area contributed by atoms with Crippen LogP contribution in [0.2, 0.25) is 0 Å². The minimum atomic E-state index is -0.331. The Morgan fingerprint density at radius 2 is 1.69 bits per heavy atom. The first-order valence-electron chi connectivity index (χ1n) is 11.7. The molecule has 0 radical (unpaired) electrons. The summed E-state index contributed by atoms with van der Waals surface area (Å²) >= 11 is 0. The first kappa shape index (κ1) is 18.0. The molecule has 0 aromatic carbocycles. The lowest BCUT2D eigenvalue weighted by molar-refractivity contribution is -0.111. The van der Waals surface area contributed by atoms with E-state index in [0.29, 0.717) is 5.41 Å². The molecule has 26 heavy (non-hydrogen) atoms. The lowest BCUT2D eigenvalue weighted by atomic mass is 9.48. The Morgan fingerprint density at radius 1 is 0.923 bits per heavy atom. The second kappa shape index (κ2) is 5.96. The third kappa shape index (κ3) is 2.57. The summed E-state index contributed by atoms with van der Waals surface area (Å²) in [6.45, 7) is 8.24. The van der Waals surface area contributed by atoms with Crippen LogP contribution < -0.4 is 0 Å². The predicted molar refractivity (Wildman–Crippen MR) is 105 cm³/mol. The molecule has 0 aromatic rings. The zero-order valence-electron chi connectivity index (χ0n) is 17.3. The van der Waals surface area contributed by atoms with Crippen molar-refractivity contribution in [3.8, 4) is 0 Å². The lowest BCUT2D eigenvalue weighted by Gasteiger charge is -2.57. The van der Waals surface area contributed by atoms with Crippen molar-refractivity contribution in [1.82, 2.24) is 0 Å². The van der Waals surface area contributed by atoms with Gasteiger partial charge in [0, 0.05) is 0 Å². The van der Waals surface area contributed by atoms with Crippen LogP contribution in [0, 0.1) is 40.9 Å². The van der Waals surface area contributed by atoms with E-state index in [4.69, 9.17) is 4.74 Å². The molecule has 1 saturated heterocycles. The molecule has 1 heterocycles. The van der Waals surface area contributed by atoms with Crippen molar-refractivity contribution in [2.24, 2.45) is 40.9 Å². The molecule has 2 nitrogen and oxygen atoms in total. The first-order valence-corrected chi connectivity index (χ1v) is 11.7. The Morgan fingerprint density at radius 3 is 2.42 bits per heavy atom. The summed E-state index contributed by atoms with van der Waals surface area (Å²) in [7, 11) is 0. The summed E-state index contributed by atoms with van der Waals surface area (Å²) < 4.78 is 5.93. The molecule has 5 rings (SSSR count). The van der Waals surface area contributed by atoms with E-state index in [9.17, 15) is 5.11 Å². The van der Waals surface area contributed by atoms with Crippen molar-refractivity contribution in [3.63, 3.8) is 0 Å². The standard InChI is InChI=1S/C24H40O2/c1-4-11-24(25)13-10-17-16(14-24)5-6-19-18(17)9-12-22(2)20(19)7-8-21(22)23(3)15-26-23/h16-21,25H,4-15H2,1-3H3/t16-,17+,18-,19-,20+,21+,22+,23?,24-/m1/s1. The van der Waals surface area contributed by atoms with E-state index in [2.05, 4.69) is 20.8 Å². The van der Waals surface area contributed by atoms with E-state index in [-0.39, 0.29) is 11.2 Å². The van der Waals surface area contributed by atoms with E-state index < -0.39 is 0 Å². The maximum Gasteiger partial charge on any atom is 0.0921 e. The highest BCUT2D eigenvalue weighted by atomic mass is 16.6. The average Bonchev–Trinajstić information content (AvgIpc) is 3.23. The Balaban J connectivity index is 1.33. The molecule has 4 saturated carbocycles. The number of epoxide rings is 1. The maximum absolute atomic E-state index is 11.0. The van der Waals surface area contributed by atoms with E-state index in [1.165, 1.54) is 44.9 Å². The Labute approximate surface area is 160 Å². The molecule has 5 aliphatic rings. The largest absolute Gasteiger partial charge is 0.390 e. The maximum atomic E-state index is 11.0. The highest BCUT2D eigenvalue weighted by molar-refractivity contribution is 5.12. The van der Waals surface area contributed by atoms with Crippen LogP contribution in [0.25, 0.3) is 0 Å². The van der Waals surface area contributed by atoms with Crippen molar-refractivity contribution in [3.05, 3.63) is 0 Å². The van der Waals surface area contributed by atoms with E-state index in [1.807, 2.05) is 0 Å². The summed E-state index contributed by atoms with van der Waals surface area (Å²) in [4.78, 5) is 0. The second-order valence-electron chi connectivity index (χ2n) is 11.4. The number of hydrogen-bond donors (Lipinski definition) is 1. The summed E-state index contributed by atoms with van der Waals surface area (Å²) in [5.74, 6) is 5.42. The average molecular weight is 361 g/mol. The van der Waals surface area contributed by atoms with E-state index in [1.54, 1.807) is 0 Å². The van der Waals surface area contributed by atoms with Gasteiger partial charge in [-0.15, -0.1) is 0 Å². The fraction of sp³-hybridized carbons (Fsp3) is 1.00. The van der Waals surface area contributed by atoms with Crippen LogP contribution in [-0.4, -0.2) is 22.9 Å². The lowest BCUT2D eigenvalue weighted by Crippen LogP contribution is -2.51. The quantitative estimate of drug-likeness (QED) is 0.667. The highest BCUT2D eigenvalue weighted by Crippen LogP contribution is 2.67. The highest BCUT2D eigenvalue weighted by Gasteiger charge is 2.63. The zero-order chi connectivity index (χ0) is 18.2. The molecule has 2 heteroatoms. The molecular formula is C24H40O2. The van der Waals surface area contributed by atoms with Gasteiger partial charge >= 0.3 is 0 Å². The number of aliphatic hydroxyl groups is 1. The van der Waals surface area contributed by atoms with Gasteiger partial charge in [-0.3, -0.25) is 0 Å². The topological polar surface area (TPSA) is 32.8 Å². The van der Waals surface area contributed by atoms with Gasteiger partial charge in [0.2, 0.25) is 0 Å². The fourth-order valence-corrected chi connectivity index (χ4v) is 8.97. The second-order valence-corrected chi connectivity index (χ2v) is 11.4. The number of hydrogen-bond acceptors (Lipinski definition) is 2. The van der Waals surface area contributed by atoms with Gasteiger partial charge in [0.15, 0.2) is 0 Å². The first-order chi connectivity index (χ1) is 12.4. The van der Waals surface area contributed by atoms with Gasteiger partial charge in [0.05, 0.1) is 17.8 Å². The van der Waals surface area contributed by atoms with Crippen LogP contribution in [0.5, 0.6) is 0 Å². The molecule has 4 aliphatic carbocycles. The zero-order valence-corrected chi connectivity index (χ0v) is 17.3. The molecule has 148 valence electrons. The predicted octanol–water partition coefficient (Wildman–Crippen LogP) is 5.58. The van der Waals surface area contributed by atoms with Gasteiger partial charge in [-0.2, -0.15) is 0 Å². The normalized spacial score (nSPS) is 58.6. The van der Waals surface area contributed by atoms with Gasteiger partial charge in [-0.25, -0.2) is 0 Å². The van der Waals surface area contributed by atoms with Gasteiger partial charge < -0.3 is 9.84 Å². The molecule has 0 bridgehead atoms. The minimum absolute atomic E-state index is 0.217. The van der Waals surface area contributed by atoms with Crippen molar-refractivity contribution in [2.45, 2.75) is 103 Å². The smallest absolute Gasteiger partial charge is 0.0921 e.